The number of H-pyrrole nitrogens is 1. The Labute approximate surface area is 217 Å². The fraction of sp³-hybridized carbons (Fsp3) is 0.391. The number of aromatic amines is 1. The molecule has 2 rings (SSSR count). The van der Waals surface area contributed by atoms with Gasteiger partial charge in [0, 0.05) is 30.1 Å². The number of nitrogens with two attached hydrogens (primary N) is 3. The Balaban J connectivity index is 2.26. The fourth-order valence-electron chi connectivity index (χ4n) is 3.62. The zero-order valence-electron chi connectivity index (χ0n) is 20.5. The summed E-state index contributed by atoms with van der Waals surface area (Å²) in [6.45, 7) is -0.515. The Kier molecular flexibility index (Phi) is 11.0. The van der Waals surface area contributed by atoms with Gasteiger partial charge in [-0.1, -0.05) is 18.2 Å². The number of aliphatic imine (C=N–C) groups is 1. The number of aliphatic carboxylic acids is 2. The van der Waals surface area contributed by atoms with E-state index in [0.29, 0.717) is 5.56 Å². The molecule has 3 amide bonds. The number of aromatic nitrogens is 1. The van der Waals surface area contributed by atoms with E-state index in [2.05, 4.69) is 25.9 Å². The topological polar surface area (TPSA) is 268 Å². The van der Waals surface area contributed by atoms with E-state index in [0.717, 1.165) is 10.9 Å². The number of amides is 3. The zero-order valence-corrected chi connectivity index (χ0v) is 20.5. The average molecular weight is 533 g/mol. The normalized spacial score (nSPS) is 13.1. The van der Waals surface area contributed by atoms with Crippen LogP contribution in [-0.2, 0) is 30.4 Å². The van der Waals surface area contributed by atoms with E-state index in [1.807, 2.05) is 18.2 Å². The van der Waals surface area contributed by atoms with E-state index < -0.39 is 60.8 Å². The monoisotopic (exact) mass is 532 g/mol. The molecule has 0 bridgehead atoms. The summed E-state index contributed by atoms with van der Waals surface area (Å²) >= 11 is 0. The third-order valence-electron chi connectivity index (χ3n) is 5.46. The number of guanidine groups is 1. The molecule has 0 aliphatic rings. The molecule has 3 atom stereocenters. The van der Waals surface area contributed by atoms with Crippen molar-refractivity contribution < 1.29 is 34.2 Å². The van der Waals surface area contributed by atoms with Crippen molar-refractivity contribution in [1.82, 2.24) is 20.9 Å². The number of hydrogen-bond acceptors (Lipinski definition) is 7. The van der Waals surface area contributed by atoms with Crippen molar-refractivity contribution >= 4 is 46.5 Å². The number of hydrogen-bond donors (Lipinski definition) is 9. The molecule has 0 saturated carbocycles. The van der Waals surface area contributed by atoms with Crippen LogP contribution in [0.25, 0.3) is 10.9 Å². The highest BCUT2D eigenvalue weighted by Gasteiger charge is 2.29. The van der Waals surface area contributed by atoms with Crippen molar-refractivity contribution in [2.45, 2.75) is 43.8 Å². The highest BCUT2D eigenvalue weighted by molar-refractivity contribution is 5.95. The van der Waals surface area contributed by atoms with E-state index >= 15 is 0 Å². The second-order valence-electron chi connectivity index (χ2n) is 8.45. The predicted octanol–water partition coefficient (Wildman–Crippen LogP) is -2.26. The van der Waals surface area contributed by atoms with Crippen molar-refractivity contribution in [2.24, 2.45) is 22.2 Å². The Morgan fingerprint density at radius 3 is 2.29 bits per heavy atom. The predicted molar refractivity (Wildman–Crippen MR) is 137 cm³/mol. The minimum atomic E-state index is -1.42. The van der Waals surface area contributed by atoms with Gasteiger partial charge in [-0.25, -0.2) is 0 Å². The lowest BCUT2D eigenvalue weighted by Gasteiger charge is -2.24. The third-order valence-corrected chi connectivity index (χ3v) is 5.46. The Hall–Kier alpha value is -4.66. The second kappa shape index (κ2) is 14.2. The number of benzene rings is 1. The Morgan fingerprint density at radius 2 is 1.63 bits per heavy atom. The van der Waals surface area contributed by atoms with Crippen molar-refractivity contribution in [3.05, 3.63) is 36.0 Å². The van der Waals surface area contributed by atoms with Gasteiger partial charge >= 0.3 is 11.9 Å². The standard InChI is InChI=1S/C23H32N8O7/c24-14(9-18(32)33)20(36)31-17(8-12-10-28-15-5-2-1-4-13(12)15)22(38)30-16(6-3-7-27-23(25)26)21(37)29-11-19(34)35/h1-2,4-5,10,14,16-17,28H,3,6-9,11,24H2,(H,29,37)(H,30,38)(H,31,36)(H,32,33)(H,34,35)(H4,25,26,27). The smallest absolute Gasteiger partial charge is 0.322 e. The molecule has 38 heavy (non-hydrogen) atoms. The maximum absolute atomic E-state index is 13.3. The second-order valence-corrected chi connectivity index (χ2v) is 8.45. The Bertz CT molecular complexity index is 1190. The molecule has 15 heteroatoms. The van der Waals surface area contributed by atoms with E-state index in [1.165, 1.54) is 0 Å². The molecular formula is C23H32N8O7. The lowest BCUT2D eigenvalue weighted by atomic mass is 10.0. The molecule has 15 nitrogen and oxygen atoms in total. The van der Waals surface area contributed by atoms with Crippen molar-refractivity contribution in [3.63, 3.8) is 0 Å². The van der Waals surface area contributed by atoms with Gasteiger partial charge in [0.05, 0.1) is 12.5 Å². The van der Waals surface area contributed by atoms with Crippen LogP contribution >= 0.6 is 0 Å². The van der Waals surface area contributed by atoms with Crippen LogP contribution in [0.15, 0.2) is 35.5 Å². The first-order chi connectivity index (χ1) is 18.0. The zero-order chi connectivity index (χ0) is 28.2. The third kappa shape index (κ3) is 9.42. The number of carboxylic acid groups (broad SMARTS) is 2. The van der Waals surface area contributed by atoms with E-state index in [1.54, 1.807) is 12.3 Å². The van der Waals surface area contributed by atoms with Gasteiger partial charge in [-0.15, -0.1) is 0 Å². The SMILES string of the molecule is NC(N)=NCCCC(NC(=O)C(Cc1c[nH]c2ccccc12)NC(=O)C(N)CC(=O)O)C(=O)NCC(=O)O. The van der Waals surface area contributed by atoms with Crippen LogP contribution in [-0.4, -0.2) is 82.0 Å². The van der Waals surface area contributed by atoms with Crippen LogP contribution in [0.3, 0.4) is 0 Å². The quantitative estimate of drug-likeness (QED) is 0.0674. The van der Waals surface area contributed by atoms with Crippen molar-refractivity contribution in [3.8, 4) is 0 Å². The molecular weight excluding hydrogens is 500 g/mol. The summed E-state index contributed by atoms with van der Waals surface area (Å²) in [6, 6.07) is 3.44. The van der Waals surface area contributed by atoms with Gasteiger partial charge in [-0.05, 0) is 24.5 Å². The first-order valence-corrected chi connectivity index (χ1v) is 11.7. The van der Waals surface area contributed by atoms with Crippen LogP contribution in [0.1, 0.15) is 24.8 Å². The minimum Gasteiger partial charge on any atom is -0.481 e. The first kappa shape index (κ1) is 29.6. The summed E-state index contributed by atoms with van der Waals surface area (Å²) in [6.07, 6.45) is 1.32. The van der Waals surface area contributed by atoms with Crippen LogP contribution in [0.5, 0.6) is 0 Å². The summed E-state index contributed by atoms with van der Waals surface area (Å²) in [5, 5.41) is 25.8. The average Bonchev–Trinajstić information content (AvgIpc) is 3.26. The summed E-state index contributed by atoms with van der Waals surface area (Å²) in [5.74, 6) is -5.11. The van der Waals surface area contributed by atoms with E-state index in [-0.39, 0.29) is 31.8 Å². The van der Waals surface area contributed by atoms with Crippen LogP contribution in [0, 0.1) is 0 Å². The number of rotatable bonds is 15. The molecule has 2 aromatic rings. The molecule has 1 aromatic carbocycles. The molecule has 0 spiro atoms. The summed E-state index contributed by atoms with van der Waals surface area (Å²) in [4.78, 5) is 67.3. The number of nitrogens with one attached hydrogen (secondary N) is 4. The van der Waals surface area contributed by atoms with Crippen LogP contribution in [0.2, 0.25) is 0 Å². The van der Waals surface area contributed by atoms with Crippen molar-refractivity contribution in [1.29, 1.82) is 0 Å². The molecule has 206 valence electrons. The molecule has 1 heterocycles. The van der Waals surface area contributed by atoms with Gasteiger partial charge in [0.15, 0.2) is 5.96 Å². The maximum atomic E-state index is 13.3. The summed E-state index contributed by atoms with van der Waals surface area (Å²) in [5.41, 5.74) is 17.7. The minimum absolute atomic E-state index is 0.0150. The number of carbonyl (C=O) groups is 5. The lowest BCUT2D eigenvalue weighted by molar-refractivity contribution is -0.139. The molecule has 0 radical (unpaired) electrons. The molecule has 0 aliphatic heterocycles. The Morgan fingerprint density at radius 1 is 0.947 bits per heavy atom. The summed E-state index contributed by atoms with van der Waals surface area (Å²) < 4.78 is 0. The number of nitrogens with zero attached hydrogens (tertiary/aromatic N) is 1. The largest absolute Gasteiger partial charge is 0.481 e. The summed E-state index contributed by atoms with van der Waals surface area (Å²) in [7, 11) is 0. The van der Waals surface area contributed by atoms with E-state index in [9.17, 15) is 24.0 Å². The number of carbonyl (C=O) groups excluding carboxylic acids is 3. The molecule has 12 N–H and O–H groups in total. The van der Waals surface area contributed by atoms with E-state index in [4.69, 9.17) is 27.4 Å². The van der Waals surface area contributed by atoms with Gasteiger partial charge in [-0.3, -0.25) is 29.0 Å². The molecule has 3 unspecified atom stereocenters. The fourth-order valence-corrected chi connectivity index (χ4v) is 3.62. The lowest BCUT2D eigenvalue weighted by Crippen LogP contribution is -2.56. The van der Waals surface area contributed by atoms with Gasteiger partial charge < -0.3 is 48.3 Å². The first-order valence-electron chi connectivity index (χ1n) is 11.7. The molecule has 0 fully saturated rings. The maximum Gasteiger partial charge on any atom is 0.322 e. The highest BCUT2D eigenvalue weighted by atomic mass is 16.4. The van der Waals surface area contributed by atoms with Crippen molar-refractivity contribution in [2.75, 3.05) is 13.1 Å². The van der Waals surface area contributed by atoms with Gasteiger partial charge in [-0.2, -0.15) is 0 Å². The van der Waals surface area contributed by atoms with Gasteiger partial charge in [0.2, 0.25) is 17.7 Å². The van der Waals surface area contributed by atoms with Crippen LogP contribution < -0.4 is 33.2 Å². The molecule has 1 aromatic heterocycles. The van der Waals surface area contributed by atoms with Gasteiger partial charge in [0.1, 0.15) is 18.6 Å². The number of carboxylic acids is 2. The highest BCUT2D eigenvalue weighted by Crippen LogP contribution is 2.19. The van der Waals surface area contributed by atoms with Gasteiger partial charge in [0.25, 0.3) is 0 Å². The number of para-hydroxylation sites is 1. The van der Waals surface area contributed by atoms with Crippen LogP contribution in [0.4, 0.5) is 0 Å². The number of fused-ring (bicyclic) bond motifs is 1. The molecule has 0 aliphatic carbocycles. The molecule has 0 saturated heterocycles.